The van der Waals surface area contributed by atoms with Crippen molar-refractivity contribution in [2.45, 2.75) is 51.1 Å². The van der Waals surface area contributed by atoms with Crippen LogP contribution in [0.5, 0.6) is 0 Å². The highest BCUT2D eigenvalue weighted by Gasteiger charge is 2.34. The van der Waals surface area contributed by atoms with Crippen molar-refractivity contribution in [2.75, 3.05) is 11.4 Å². The minimum absolute atomic E-state index is 0.0917. The van der Waals surface area contributed by atoms with Gasteiger partial charge in [-0.1, -0.05) is 43.0 Å². The van der Waals surface area contributed by atoms with Gasteiger partial charge in [-0.25, -0.2) is 0 Å². The van der Waals surface area contributed by atoms with E-state index in [4.69, 9.17) is 0 Å². The summed E-state index contributed by atoms with van der Waals surface area (Å²) in [5.41, 5.74) is 2.29. The number of nitrogens with one attached hydrogen (secondary N) is 2. The molecule has 0 saturated heterocycles. The summed E-state index contributed by atoms with van der Waals surface area (Å²) in [6, 6.07) is 13.7. The first-order valence-corrected chi connectivity index (χ1v) is 12.8. The average Bonchev–Trinajstić information content (AvgIpc) is 3.43. The fraction of sp³-hybridized carbons (Fsp3) is 0.333. The van der Waals surface area contributed by atoms with Gasteiger partial charge in [0.25, 0.3) is 5.91 Å². The lowest BCUT2D eigenvalue weighted by Crippen LogP contribution is -2.49. The maximum Gasteiger partial charge on any atom is 0.261 e. The van der Waals surface area contributed by atoms with Crippen LogP contribution in [0.15, 0.2) is 66.3 Å². The number of aromatic nitrogens is 1. The van der Waals surface area contributed by atoms with Crippen LogP contribution in [0, 0.1) is 6.92 Å². The molecule has 3 aromatic rings. The molecule has 35 heavy (non-hydrogen) atoms. The molecule has 1 aliphatic carbocycles. The molecule has 0 radical (unpaired) electrons. The van der Waals surface area contributed by atoms with Crippen molar-refractivity contribution in [3.8, 4) is 0 Å². The van der Waals surface area contributed by atoms with E-state index in [0.29, 0.717) is 16.1 Å². The molecule has 1 saturated carbocycles. The molecule has 1 aliphatic rings. The number of nitrogens with zero attached hydrogens (tertiary/aromatic N) is 2. The molecule has 1 unspecified atom stereocenters. The van der Waals surface area contributed by atoms with Gasteiger partial charge in [-0.05, 0) is 61.0 Å². The van der Waals surface area contributed by atoms with Gasteiger partial charge in [0.15, 0.2) is 0 Å². The molecule has 182 valence electrons. The number of pyridine rings is 1. The summed E-state index contributed by atoms with van der Waals surface area (Å²) in [6.45, 7) is 1.73. The summed E-state index contributed by atoms with van der Waals surface area (Å²) in [7, 11) is 0. The molecule has 2 N–H and O–H groups in total. The van der Waals surface area contributed by atoms with Crippen LogP contribution in [0.1, 0.15) is 58.9 Å². The Morgan fingerprint density at radius 2 is 1.74 bits per heavy atom. The van der Waals surface area contributed by atoms with Gasteiger partial charge >= 0.3 is 0 Å². The third-order valence-electron chi connectivity index (χ3n) is 6.21. The smallest absolute Gasteiger partial charge is 0.261 e. The Bertz CT molecular complexity index is 1130. The standard InChI is InChI=1S/C27H30N4O3S/c1-19-9-11-22(12-10-19)31(24(32)18-29-26(33)23-8-5-17-35-23)25(20-13-15-28-16-14-20)27(34)30-21-6-3-2-4-7-21/h5,8-17,21,25H,2-4,6-7,18H2,1H3,(H,29,33)(H,30,34). The van der Waals surface area contributed by atoms with E-state index in [1.807, 2.05) is 36.6 Å². The maximum atomic E-state index is 13.7. The van der Waals surface area contributed by atoms with Gasteiger partial charge in [-0.2, -0.15) is 0 Å². The SMILES string of the molecule is Cc1ccc(N(C(=O)CNC(=O)c2cccs2)C(C(=O)NC2CCCCC2)c2ccncc2)cc1. The Labute approximate surface area is 209 Å². The van der Waals surface area contributed by atoms with E-state index >= 15 is 0 Å². The highest BCUT2D eigenvalue weighted by Crippen LogP contribution is 2.29. The van der Waals surface area contributed by atoms with E-state index in [-0.39, 0.29) is 30.3 Å². The highest BCUT2D eigenvalue weighted by molar-refractivity contribution is 7.12. The van der Waals surface area contributed by atoms with Gasteiger partial charge in [-0.15, -0.1) is 11.3 Å². The zero-order valence-electron chi connectivity index (χ0n) is 19.8. The van der Waals surface area contributed by atoms with Crippen molar-refractivity contribution in [1.29, 1.82) is 0 Å². The molecule has 8 heteroatoms. The van der Waals surface area contributed by atoms with Gasteiger partial charge in [0, 0.05) is 24.1 Å². The summed E-state index contributed by atoms with van der Waals surface area (Å²) >= 11 is 1.31. The number of thiophene rings is 1. The van der Waals surface area contributed by atoms with Crippen LogP contribution in [0.2, 0.25) is 0 Å². The van der Waals surface area contributed by atoms with E-state index < -0.39 is 6.04 Å². The quantitative estimate of drug-likeness (QED) is 0.490. The maximum absolute atomic E-state index is 13.7. The lowest BCUT2D eigenvalue weighted by molar-refractivity contribution is -0.127. The first-order chi connectivity index (χ1) is 17.0. The number of aryl methyl sites for hydroxylation is 1. The molecule has 1 aromatic carbocycles. The molecule has 1 fully saturated rings. The topological polar surface area (TPSA) is 91.4 Å². The lowest BCUT2D eigenvalue weighted by atomic mass is 9.94. The molecular weight excluding hydrogens is 460 g/mol. The number of carbonyl (C=O) groups is 3. The van der Waals surface area contributed by atoms with Crippen LogP contribution in [0.4, 0.5) is 5.69 Å². The van der Waals surface area contributed by atoms with Gasteiger partial charge in [0.1, 0.15) is 6.04 Å². The van der Waals surface area contributed by atoms with Crippen molar-refractivity contribution in [2.24, 2.45) is 0 Å². The molecule has 2 aromatic heterocycles. The number of hydrogen-bond acceptors (Lipinski definition) is 5. The molecule has 0 spiro atoms. The zero-order valence-corrected chi connectivity index (χ0v) is 20.6. The third kappa shape index (κ3) is 6.33. The molecule has 0 aliphatic heterocycles. The third-order valence-corrected chi connectivity index (χ3v) is 7.07. The van der Waals surface area contributed by atoms with E-state index in [9.17, 15) is 14.4 Å². The van der Waals surface area contributed by atoms with Crippen molar-refractivity contribution in [1.82, 2.24) is 15.6 Å². The predicted molar refractivity (Wildman–Crippen MR) is 137 cm³/mol. The Balaban J connectivity index is 1.65. The Hall–Kier alpha value is -3.52. The van der Waals surface area contributed by atoms with Crippen molar-refractivity contribution in [3.63, 3.8) is 0 Å². The van der Waals surface area contributed by atoms with E-state index in [1.54, 1.807) is 36.7 Å². The Kier molecular flexibility index (Phi) is 8.26. The predicted octanol–water partition coefficient (Wildman–Crippen LogP) is 4.40. The summed E-state index contributed by atoms with van der Waals surface area (Å²) < 4.78 is 0. The van der Waals surface area contributed by atoms with E-state index in [1.165, 1.54) is 22.7 Å². The zero-order chi connectivity index (χ0) is 24.6. The summed E-state index contributed by atoms with van der Waals surface area (Å²) in [4.78, 5) is 45.9. The fourth-order valence-corrected chi connectivity index (χ4v) is 5.01. The van der Waals surface area contributed by atoms with Gasteiger partial charge in [0.2, 0.25) is 11.8 Å². The number of benzene rings is 1. The van der Waals surface area contributed by atoms with Gasteiger partial charge in [0.05, 0.1) is 11.4 Å². The van der Waals surface area contributed by atoms with E-state index in [0.717, 1.165) is 31.2 Å². The van der Waals surface area contributed by atoms with Crippen LogP contribution in [-0.2, 0) is 9.59 Å². The first kappa shape index (κ1) is 24.6. The van der Waals surface area contributed by atoms with Crippen molar-refractivity contribution >= 4 is 34.7 Å². The normalized spacial score (nSPS) is 14.7. The van der Waals surface area contributed by atoms with Crippen LogP contribution in [-0.4, -0.2) is 35.3 Å². The largest absolute Gasteiger partial charge is 0.351 e. The minimum Gasteiger partial charge on any atom is -0.351 e. The van der Waals surface area contributed by atoms with Crippen molar-refractivity contribution < 1.29 is 14.4 Å². The monoisotopic (exact) mass is 490 g/mol. The second kappa shape index (κ2) is 11.8. The number of rotatable bonds is 8. The summed E-state index contributed by atoms with van der Waals surface area (Å²) in [6.07, 6.45) is 8.45. The van der Waals surface area contributed by atoms with Gasteiger partial charge < -0.3 is 10.6 Å². The number of hydrogen-bond donors (Lipinski definition) is 2. The second-order valence-electron chi connectivity index (χ2n) is 8.79. The summed E-state index contributed by atoms with van der Waals surface area (Å²) in [5, 5.41) is 7.70. The van der Waals surface area contributed by atoms with Crippen LogP contribution < -0.4 is 15.5 Å². The molecule has 4 rings (SSSR count). The molecular formula is C27H30N4O3S. The molecule has 0 bridgehead atoms. The highest BCUT2D eigenvalue weighted by atomic mass is 32.1. The number of carbonyl (C=O) groups excluding carboxylic acids is 3. The molecule has 2 heterocycles. The molecule has 1 atom stereocenters. The minimum atomic E-state index is -0.895. The molecule has 7 nitrogen and oxygen atoms in total. The Morgan fingerprint density at radius 1 is 1.03 bits per heavy atom. The van der Waals surface area contributed by atoms with Crippen LogP contribution in [0.25, 0.3) is 0 Å². The van der Waals surface area contributed by atoms with Crippen molar-refractivity contribution in [3.05, 3.63) is 82.3 Å². The average molecular weight is 491 g/mol. The molecule has 3 amide bonds. The fourth-order valence-electron chi connectivity index (χ4n) is 4.37. The van der Waals surface area contributed by atoms with Gasteiger partial charge in [-0.3, -0.25) is 24.3 Å². The lowest BCUT2D eigenvalue weighted by Gasteiger charge is -2.33. The summed E-state index contributed by atoms with van der Waals surface area (Å²) in [5.74, 6) is -0.926. The second-order valence-corrected chi connectivity index (χ2v) is 9.73. The Morgan fingerprint density at radius 3 is 2.40 bits per heavy atom. The van der Waals surface area contributed by atoms with Crippen LogP contribution >= 0.6 is 11.3 Å². The van der Waals surface area contributed by atoms with E-state index in [2.05, 4.69) is 15.6 Å². The first-order valence-electron chi connectivity index (χ1n) is 11.9. The number of amides is 3. The van der Waals surface area contributed by atoms with Crippen LogP contribution in [0.3, 0.4) is 0 Å². The number of anilines is 1.